The zero-order valence-corrected chi connectivity index (χ0v) is 11.7. The molecule has 98 valence electrons. The maximum atomic E-state index is 14.1. The van der Waals surface area contributed by atoms with Gasteiger partial charge in [0.2, 0.25) is 0 Å². The number of aromatic hydroxyl groups is 1. The van der Waals surface area contributed by atoms with Crippen LogP contribution in [0.2, 0.25) is 0 Å². The number of hydrogen-bond acceptors (Lipinski definition) is 2. The van der Waals surface area contributed by atoms with Crippen LogP contribution < -0.4 is 0 Å². The first-order valence-electron chi connectivity index (χ1n) is 5.81. The van der Waals surface area contributed by atoms with E-state index in [9.17, 15) is 14.8 Å². The summed E-state index contributed by atoms with van der Waals surface area (Å²) in [4.78, 5) is 0. The molecule has 3 aromatic rings. The minimum absolute atomic E-state index is 0.127. The lowest BCUT2D eigenvalue weighted by molar-refractivity contribution is 0.475. The van der Waals surface area contributed by atoms with E-state index in [0.717, 1.165) is 0 Å². The normalized spacial score (nSPS) is 10.7. The van der Waals surface area contributed by atoms with Crippen molar-refractivity contribution in [2.24, 2.45) is 0 Å². The first-order valence-corrected chi connectivity index (χ1v) is 6.60. The highest BCUT2D eigenvalue weighted by Crippen LogP contribution is 2.34. The Labute approximate surface area is 122 Å². The standard InChI is InChI=1S/C15H8BrFN2O/c16-15-12(8-18)11-2-1-3-13(17)14(11)19(15)9-4-6-10(20)7-5-9/h1-7,20H. The van der Waals surface area contributed by atoms with Gasteiger partial charge in [-0.05, 0) is 46.3 Å². The van der Waals surface area contributed by atoms with Crippen LogP contribution in [0.5, 0.6) is 5.75 Å². The number of phenols is 1. The largest absolute Gasteiger partial charge is 0.508 e. The number of benzene rings is 2. The lowest BCUT2D eigenvalue weighted by Gasteiger charge is -2.08. The van der Waals surface area contributed by atoms with Gasteiger partial charge in [0.25, 0.3) is 0 Å². The molecule has 0 spiro atoms. The monoisotopic (exact) mass is 330 g/mol. The third-order valence-corrected chi connectivity index (χ3v) is 3.85. The number of nitriles is 1. The Morgan fingerprint density at radius 2 is 1.85 bits per heavy atom. The quantitative estimate of drug-likeness (QED) is 0.729. The first-order chi connectivity index (χ1) is 9.63. The van der Waals surface area contributed by atoms with Crippen molar-refractivity contribution in [3.8, 4) is 17.5 Å². The lowest BCUT2D eigenvalue weighted by atomic mass is 10.2. The van der Waals surface area contributed by atoms with Gasteiger partial charge < -0.3 is 5.11 Å². The molecule has 5 heteroatoms. The Hall–Kier alpha value is -2.32. The van der Waals surface area contributed by atoms with Gasteiger partial charge in [-0.2, -0.15) is 5.26 Å². The van der Waals surface area contributed by atoms with Gasteiger partial charge in [0.05, 0.1) is 11.1 Å². The van der Waals surface area contributed by atoms with Crippen LogP contribution in [0.4, 0.5) is 4.39 Å². The summed E-state index contributed by atoms with van der Waals surface area (Å²) in [5, 5.41) is 19.1. The molecule has 0 radical (unpaired) electrons. The Balaban J connectivity index is 2.44. The lowest BCUT2D eigenvalue weighted by Crippen LogP contribution is -1.95. The fourth-order valence-corrected chi connectivity index (χ4v) is 2.90. The zero-order chi connectivity index (χ0) is 14.3. The molecule has 0 fully saturated rings. The Bertz CT molecular complexity index is 847. The summed E-state index contributed by atoms with van der Waals surface area (Å²) < 4.78 is 16.2. The predicted octanol–water partition coefficient (Wildman–Crippen LogP) is 4.11. The summed E-state index contributed by atoms with van der Waals surface area (Å²) in [6, 6.07) is 13.1. The molecule has 20 heavy (non-hydrogen) atoms. The van der Waals surface area contributed by atoms with Crippen LogP contribution in [-0.2, 0) is 0 Å². The number of para-hydroxylation sites is 1. The van der Waals surface area contributed by atoms with Gasteiger partial charge in [0.1, 0.15) is 22.2 Å². The van der Waals surface area contributed by atoms with Crippen molar-refractivity contribution in [2.75, 3.05) is 0 Å². The molecule has 0 aliphatic carbocycles. The molecular formula is C15H8BrFN2O. The van der Waals surface area contributed by atoms with Crippen molar-refractivity contribution >= 4 is 26.8 Å². The first kappa shape index (κ1) is 12.7. The molecule has 2 aromatic carbocycles. The predicted molar refractivity (Wildman–Crippen MR) is 77.3 cm³/mol. The van der Waals surface area contributed by atoms with E-state index in [1.807, 2.05) is 0 Å². The summed E-state index contributed by atoms with van der Waals surface area (Å²) in [7, 11) is 0. The van der Waals surface area contributed by atoms with Gasteiger partial charge in [0, 0.05) is 11.1 Å². The van der Waals surface area contributed by atoms with Crippen molar-refractivity contribution in [3.05, 3.63) is 58.4 Å². The molecule has 0 aliphatic rings. The van der Waals surface area contributed by atoms with Gasteiger partial charge in [-0.1, -0.05) is 12.1 Å². The fourth-order valence-electron chi connectivity index (χ4n) is 2.22. The van der Waals surface area contributed by atoms with Crippen molar-refractivity contribution in [1.82, 2.24) is 4.57 Å². The van der Waals surface area contributed by atoms with Crippen LogP contribution in [0.15, 0.2) is 47.1 Å². The number of hydrogen-bond donors (Lipinski definition) is 1. The minimum atomic E-state index is -0.405. The number of halogens is 2. The number of fused-ring (bicyclic) bond motifs is 1. The highest BCUT2D eigenvalue weighted by atomic mass is 79.9. The van der Waals surface area contributed by atoms with Gasteiger partial charge in [-0.3, -0.25) is 4.57 Å². The van der Waals surface area contributed by atoms with E-state index in [4.69, 9.17) is 0 Å². The average Bonchev–Trinajstić information content (AvgIpc) is 2.73. The smallest absolute Gasteiger partial charge is 0.147 e. The fraction of sp³-hybridized carbons (Fsp3) is 0. The van der Waals surface area contributed by atoms with E-state index in [1.165, 1.54) is 18.2 Å². The summed E-state index contributed by atoms with van der Waals surface area (Å²) in [6.07, 6.45) is 0. The van der Waals surface area contributed by atoms with Crippen molar-refractivity contribution in [3.63, 3.8) is 0 Å². The third kappa shape index (κ3) is 1.77. The van der Waals surface area contributed by atoms with Gasteiger partial charge in [-0.15, -0.1) is 0 Å². The average molecular weight is 331 g/mol. The number of aromatic nitrogens is 1. The van der Waals surface area contributed by atoms with Crippen LogP contribution in [-0.4, -0.2) is 9.67 Å². The SMILES string of the molecule is N#Cc1c(Br)n(-c2ccc(O)cc2)c2c(F)cccc12. The molecule has 0 saturated heterocycles. The van der Waals surface area contributed by atoms with Crippen LogP contribution >= 0.6 is 15.9 Å². The van der Waals surface area contributed by atoms with Crippen molar-refractivity contribution < 1.29 is 9.50 Å². The van der Waals surface area contributed by atoms with E-state index >= 15 is 0 Å². The van der Waals surface area contributed by atoms with Crippen LogP contribution in [0.1, 0.15) is 5.56 Å². The number of phenolic OH excluding ortho intramolecular Hbond substituents is 1. The van der Waals surface area contributed by atoms with E-state index in [0.29, 0.717) is 26.8 Å². The summed E-state index contributed by atoms with van der Waals surface area (Å²) in [6.45, 7) is 0. The molecule has 0 amide bonds. The van der Waals surface area contributed by atoms with Crippen LogP contribution in [0, 0.1) is 17.1 Å². The molecular weight excluding hydrogens is 323 g/mol. The number of nitrogens with zero attached hydrogens (tertiary/aromatic N) is 2. The zero-order valence-electron chi connectivity index (χ0n) is 10.1. The Morgan fingerprint density at radius 1 is 1.15 bits per heavy atom. The maximum absolute atomic E-state index is 14.1. The molecule has 0 unspecified atom stereocenters. The molecule has 1 N–H and O–H groups in total. The van der Waals surface area contributed by atoms with Gasteiger partial charge >= 0.3 is 0 Å². The summed E-state index contributed by atoms with van der Waals surface area (Å²) in [5.74, 6) is -0.278. The van der Waals surface area contributed by atoms with Gasteiger partial charge in [0.15, 0.2) is 0 Å². The van der Waals surface area contributed by atoms with E-state index < -0.39 is 5.82 Å². The van der Waals surface area contributed by atoms with Crippen molar-refractivity contribution in [1.29, 1.82) is 5.26 Å². The highest BCUT2D eigenvalue weighted by Gasteiger charge is 2.18. The van der Waals surface area contributed by atoms with E-state index in [1.54, 1.807) is 28.8 Å². The summed E-state index contributed by atoms with van der Waals surface area (Å²) >= 11 is 3.36. The minimum Gasteiger partial charge on any atom is -0.508 e. The Morgan fingerprint density at radius 3 is 2.50 bits per heavy atom. The molecule has 0 aliphatic heterocycles. The van der Waals surface area contributed by atoms with Crippen LogP contribution in [0.3, 0.4) is 0 Å². The summed E-state index contributed by atoms with van der Waals surface area (Å²) in [5.41, 5.74) is 1.38. The third-order valence-electron chi connectivity index (χ3n) is 3.10. The number of rotatable bonds is 1. The molecule has 0 saturated carbocycles. The highest BCUT2D eigenvalue weighted by molar-refractivity contribution is 9.10. The van der Waals surface area contributed by atoms with E-state index in [2.05, 4.69) is 22.0 Å². The second kappa shape index (κ2) is 4.66. The molecule has 0 bridgehead atoms. The van der Waals surface area contributed by atoms with Crippen LogP contribution in [0.25, 0.3) is 16.6 Å². The second-order valence-electron chi connectivity index (χ2n) is 4.27. The van der Waals surface area contributed by atoms with Crippen molar-refractivity contribution in [2.45, 2.75) is 0 Å². The van der Waals surface area contributed by atoms with E-state index in [-0.39, 0.29) is 5.75 Å². The molecule has 3 rings (SSSR count). The maximum Gasteiger partial charge on any atom is 0.147 e. The molecule has 3 nitrogen and oxygen atoms in total. The Kier molecular flexibility index (Phi) is 2.96. The van der Waals surface area contributed by atoms with Gasteiger partial charge in [-0.25, -0.2) is 4.39 Å². The topological polar surface area (TPSA) is 49.0 Å². The molecule has 1 aromatic heterocycles. The molecule has 0 atom stereocenters. The second-order valence-corrected chi connectivity index (χ2v) is 5.02. The molecule has 1 heterocycles.